The Balaban J connectivity index is 3.04. The number of alkyl halides is 1. The fourth-order valence-electron chi connectivity index (χ4n) is 0.989. The van der Waals surface area contributed by atoms with Crippen molar-refractivity contribution in [2.24, 2.45) is 0 Å². The van der Waals surface area contributed by atoms with E-state index in [0.29, 0.717) is 5.76 Å². The van der Waals surface area contributed by atoms with Crippen LogP contribution in [-0.4, -0.2) is 13.0 Å². The quantitative estimate of drug-likeness (QED) is 0.731. The molecule has 0 saturated heterocycles. The molecular weight excluding hydrogens is 161 g/mol. The third-order valence-electron chi connectivity index (χ3n) is 1.53. The molecule has 1 heterocycles. The number of hydrogen-bond donors (Lipinski definition) is 1. The molecular formula is C8H10FNO2. The predicted molar refractivity (Wildman–Crippen MR) is 41.6 cm³/mol. The standard InChI is InChI=1S/C8H10FNO2/c1-5-3-6(8(11)10-2)7(4-9)12-5/h3H,4H2,1-2H3,(H,10,11). The molecule has 1 N–H and O–H groups in total. The topological polar surface area (TPSA) is 42.2 Å². The van der Waals surface area contributed by atoms with Crippen molar-refractivity contribution in [3.8, 4) is 0 Å². The Hall–Kier alpha value is -1.32. The van der Waals surface area contributed by atoms with E-state index in [1.807, 2.05) is 0 Å². The predicted octanol–water partition coefficient (Wildman–Crippen LogP) is 1.42. The van der Waals surface area contributed by atoms with Crippen LogP contribution in [0.2, 0.25) is 0 Å². The third-order valence-corrected chi connectivity index (χ3v) is 1.53. The molecule has 1 aromatic rings. The van der Waals surface area contributed by atoms with E-state index >= 15 is 0 Å². The first kappa shape index (κ1) is 8.77. The van der Waals surface area contributed by atoms with Crippen molar-refractivity contribution in [3.63, 3.8) is 0 Å². The zero-order chi connectivity index (χ0) is 9.14. The number of rotatable bonds is 2. The summed E-state index contributed by atoms with van der Waals surface area (Å²) in [4.78, 5) is 11.1. The lowest BCUT2D eigenvalue weighted by Gasteiger charge is -1.95. The highest BCUT2D eigenvalue weighted by molar-refractivity contribution is 5.95. The van der Waals surface area contributed by atoms with Crippen molar-refractivity contribution >= 4 is 5.91 Å². The lowest BCUT2D eigenvalue weighted by molar-refractivity contribution is 0.0960. The average Bonchev–Trinajstić information content (AvgIpc) is 2.45. The number of aryl methyl sites for hydroxylation is 1. The van der Waals surface area contributed by atoms with E-state index in [1.54, 1.807) is 6.92 Å². The normalized spacial score (nSPS) is 9.92. The van der Waals surface area contributed by atoms with Gasteiger partial charge in [-0.05, 0) is 13.0 Å². The molecule has 0 aliphatic carbocycles. The van der Waals surface area contributed by atoms with Crippen LogP contribution in [0.1, 0.15) is 21.9 Å². The summed E-state index contributed by atoms with van der Waals surface area (Å²) in [7, 11) is 1.49. The molecule has 0 fully saturated rings. The minimum absolute atomic E-state index is 0.0897. The maximum Gasteiger partial charge on any atom is 0.254 e. The van der Waals surface area contributed by atoms with Gasteiger partial charge in [0.1, 0.15) is 18.2 Å². The molecule has 66 valence electrons. The number of carbonyl (C=O) groups excluding carboxylic acids is 1. The molecule has 1 amide bonds. The SMILES string of the molecule is CNC(=O)c1cc(C)oc1CF. The summed E-state index contributed by atoms with van der Waals surface area (Å²) in [5, 5.41) is 2.40. The summed E-state index contributed by atoms with van der Waals surface area (Å²) in [6.07, 6.45) is 0. The van der Waals surface area contributed by atoms with Crippen LogP contribution in [0.15, 0.2) is 10.5 Å². The summed E-state index contributed by atoms with van der Waals surface area (Å²) < 4.78 is 17.2. The highest BCUT2D eigenvalue weighted by Crippen LogP contribution is 2.15. The first-order chi connectivity index (χ1) is 5.69. The number of furan rings is 1. The molecule has 0 spiro atoms. The molecule has 4 heteroatoms. The number of amides is 1. The van der Waals surface area contributed by atoms with Gasteiger partial charge in [0, 0.05) is 7.05 Å². The van der Waals surface area contributed by atoms with Crippen molar-refractivity contribution in [2.45, 2.75) is 13.6 Å². The Labute approximate surface area is 69.6 Å². The van der Waals surface area contributed by atoms with Gasteiger partial charge in [0.25, 0.3) is 5.91 Å². The Morgan fingerprint density at radius 1 is 1.75 bits per heavy atom. The van der Waals surface area contributed by atoms with E-state index in [2.05, 4.69) is 5.32 Å². The molecule has 0 bridgehead atoms. The van der Waals surface area contributed by atoms with Crippen LogP contribution < -0.4 is 5.32 Å². The maximum absolute atomic E-state index is 12.2. The van der Waals surface area contributed by atoms with E-state index < -0.39 is 6.67 Å². The van der Waals surface area contributed by atoms with Crippen LogP contribution in [0.5, 0.6) is 0 Å². The van der Waals surface area contributed by atoms with Crippen LogP contribution in [0.25, 0.3) is 0 Å². The van der Waals surface area contributed by atoms with Gasteiger partial charge >= 0.3 is 0 Å². The lowest BCUT2D eigenvalue weighted by Crippen LogP contribution is -2.18. The molecule has 12 heavy (non-hydrogen) atoms. The fourth-order valence-corrected chi connectivity index (χ4v) is 0.989. The van der Waals surface area contributed by atoms with Crippen molar-refractivity contribution in [1.29, 1.82) is 0 Å². The van der Waals surface area contributed by atoms with E-state index in [1.165, 1.54) is 13.1 Å². The third kappa shape index (κ3) is 1.47. The molecule has 0 aliphatic rings. The molecule has 0 saturated carbocycles. The molecule has 0 unspecified atom stereocenters. The highest BCUT2D eigenvalue weighted by atomic mass is 19.1. The maximum atomic E-state index is 12.2. The van der Waals surface area contributed by atoms with Gasteiger partial charge in [0.05, 0.1) is 5.56 Å². The van der Waals surface area contributed by atoms with Crippen LogP contribution in [-0.2, 0) is 6.67 Å². The van der Waals surface area contributed by atoms with E-state index in [4.69, 9.17) is 4.42 Å². The number of hydrogen-bond acceptors (Lipinski definition) is 2. The van der Waals surface area contributed by atoms with Gasteiger partial charge in [-0.25, -0.2) is 4.39 Å². The van der Waals surface area contributed by atoms with Crippen molar-refractivity contribution < 1.29 is 13.6 Å². The number of nitrogens with one attached hydrogen (secondary N) is 1. The highest BCUT2D eigenvalue weighted by Gasteiger charge is 2.14. The van der Waals surface area contributed by atoms with E-state index in [9.17, 15) is 9.18 Å². The molecule has 0 radical (unpaired) electrons. The van der Waals surface area contributed by atoms with E-state index in [0.717, 1.165) is 0 Å². The van der Waals surface area contributed by atoms with Gasteiger partial charge in [-0.1, -0.05) is 0 Å². The van der Waals surface area contributed by atoms with Gasteiger partial charge in [-0.2, -0.15) is 0 Å². The van der Waals surface area contributed by atoms with Crippen LogP contribution in [0, 0.1) is 6.92 Å². The van der Waals surface area contributed by atoms with Crippen LogP contribution >= 0.6 is 0 Å². The van der Waals surface area contributed by atoms with Crippen molar-refractivity contribution in [1.82, 2.24) is 5.32 Å². The molecule has 0 aliphatic heterocycles. The Kier molecular flexibility index (Phi) is 2.47. The minimum Gasteiger partial charge on any atom is -0.463 e. The van der Waals surface area contributed by atoms with Gasteiger partial charge < -0.3 is 9.73 Å². The number of carbonyl (C=O) groups is 1. The molecule has 0 atom stereocenters. The first-order valence-electron chi connectivity index (χ1n) is 3.56. The molecule has 3 nitrogen and oxygen atoms in total. The summed E-state index contributed by atoms with van der Waals surface area (Å²) in [5.74, 6) is 0.313. The second-order valence-electron chi connectivity index (χ2n) is 2.41. The average molecular weight is 171 g/mol. The van der Waals surface area contributed by atoms with Gasteiger partial charge in [0.15, 0.2) is 0 Å². The monoisotopic (exact) mass is 171 g/mol. The van der Waals surface area contributed by atoms with E-state index in [-0.39, 0.29) is 17.2 Å². The Bertz CT molecular complexity index is 293. The minimum atomic E-state index is -0.753. The molecule has 0 aromatic carbocycles. The molecule has 1 aromatic heterocycles. The summed E-state index contributed by atoms with van der Waals surface area (Å²) in [5.41, 5.74) is 0.275. The first-order valence-corrected chi connectivity index (χ1v) is 3.56. The molecule has 1 rings (SSSR count). The van der Waals surface area contributed by atoms with Crippen molar-refractivity contribution in [2.75, 3.05) is 7.05 Å². The zero-order valence-corrected chi connectivity index (χ0v) is 6.98. The lowest BCUT2D eigenvalue weighted by atomic mass is 10.2. The summed E-state index contributed by atoms with van der Waals surface area (Å²) >= 11 is 0. The zero-order valence-electron chi connectivity index (χ0n) is 6.98. The summed E-state index contributed by atoms with van der Waals surface area (Å²) in [6.45, 7) is 0.919. The number of halogens is 1. The van der Waals surface area contributed by atoms with Gasteiger partial charge in [-0.3, -0.25) is 4.79 Å². The smallest absolute Gasteiger partial charge is 0.254 e. The van der Waals surface area contributed by atoms with Gasteiger partial charge in [-0.15, -0.1) is 0 Å². The van der Waals surface area contributed by atoms with Crippen LogP contribution in [0.4, 0.5) is 4.39 Å². The van der Waals surface area contributed by atoms with Crippen LogP contribution in [0.3, 0.4) is 0 Å². The largest absolute Gasteiger partial charge is 0.463 e. The fraction of sp³-hybridized carbons (Fsp3) is 0.375. The Morgan fingerprint density at radius 3 is 2.92 bits per heavy atom. The second-order valence-corrected chi connectivity index (χ2v) is 2.41. The second kappa shape index (κ2) is 3.38. The Morgan fingerprint density at radius 2 is 2.42 bits per heavy atom. The summed E-state index contributed by atoms with van der Waals surface area (Å²) in [6, 6.07) is 1.52. The van der Waals surface area contributed by atoms with Crippen molar-refractivity contribution in [3.05, 3.63) is 23.2 Å². The van der Waals surface area contributed by atoms with Gasteiger partial charge in [0.2, 0.25) is 0 Å².